The monoisotopic (exact) mass is 272 g/mol. The zero-order valence-corrected chi connectivity index (χ0v) is 12.2. The summed E-state index contributed by atoms with van der Waals surface area (Å²) in [6.45, 7) is 3.51. The minimum atomic E-state index is -0.321. The van der Waals surface area contributed by atoms with Crippen LogP contribution in [-0.4, -0.2) is 29.4 Å². The fraction of sp³-hybridized carbons (Fsp3) is 0.588. The molecule has 20 heavy (non-hydrogen) atoms. The average molecular weight is 272 g/mol. The van der Waals surface area contributed by atoms with Crippen LogP contribution in [-0.2, 0) is 0 Å². The van der Waals surface area contributed by atoms with Crippen molar-refractivity contribution < 1.29 is 4.79 Å². The van der Waals surface area contributed by atoms with Crippen molar-refractivity contribution in [3.63, 3.8) is 0 Å². The molecule has 2 atom stereocenters. The van der Waals surface area contributed by atoms with E-state index >= 15 is 0 Å². The molecule has 2 heterocycles. The largest absolute Gasteiger partial charge is 0.366 e. The first-order chi connectivity index (χ1) is 9.69. The lowest BCUT2D eigenvalue weighted by atomic mass is 9.84. The number of rotatable bonds is 4. The summed E-state index contributed by atoms with van der Waals surface area (Å²) in [7, 11) is 0. The summed E-state index contributed by atoms with van der Waals surface area (Å²) >= 11 is 0. The number of amides is 1. The van der Waals surface area contributed by atoms with Gasteiger partial charge in [0.1, 0.15) is 0 Å². The van der Waals surface area contributed by atoms with Gasteiger partial charge < -0.3 is 5.73 Å². The van der Waals surface area contributed by atoms with Crippen molar-refractivity contribution in [2.75, 3.05) is 6.54 Å². The van der Waals surface area contributed by atoms with Gasteiger partial charge in [-0.2, -0.15) is 0 Å². The first-order valence-corrected chi connectivity index (χ1v) is 7.84. The summed E-state index contributed by atoms with van der Waals surface area (Å²) in [5, 5.41) is 0. The molecular weight excluding hydrogens is 248 g/mol. The zero-order valence-electron chi connectivity index (χ0n) is 12.2. The highest BCUT2D eigenvalue weighted by molar-refractivity contribution is 5.92. The van der Waals surface area contributed by atoms with E-state index < -0.39 is 0 Å². The Morgan fingerprint density at radius 1 is 1.30 bits per heavy atom. The molecule has 1 aromatic rings. The first kappa shape index (κ1) is 13.6. The van der Waals surface area contributed by atoms with Crippen molar-refractivity contribution in [3.8, 4) is 0 Å². The maximum absolute atomic E-state index is 11.3. The molecule has 2 bridgehead atoms. The van der Waals surface area contributed by atoms with E-state index in [4.69, 9.17) is 5.73 Å². The van der Waals surface area contributed by atoms with E-state index in [0.717, 1.165) is 12.1 Å². The average Bonchev–Trinajstić information content (AvgIpc) is 2.70. The maximum Gasteiger partial charge on any atom is 0.248 e. The van der Waals surface area contributed by atoms with Crippen molar-refractivity contribution in [2.45, 2.75) is 57.0 Å². The van der Waals surface area contributed by atoms with E-state index in [1.54, 1.807) is 0 Å². The molecule has 108 valence electrons. The predicted molar refractivity (Wildman–Crippen MR) is 80.7 cm³/mol. The highest BCUT2D eigenvalue weighted by atomic mass is 16.1. The molecule has 3 nitrogen and oxygen atoms in total. The van der Waals surface area contributed by atoms with Gasteiger partial charge in [-0.05, 0) is 62.3 Å². The fourth-order valence-electron chi connectivity index (χ4n) is 4.12. The topological polar surface area (TPSA) is 46.3 Å². The normalized spacial score (nSPS) is 29.6. The van der Waals surface area contributed by atoms with Crippen molar-refractivity contribution in [3.05, 3.63) is 35.4 Å². The Balaban J connectivity index is 1.77. The van der Waals surface area contributed by atoms with Gasteiger partial charge in [-0.3, -0.25) is 9.69 Å². The molecule has 2 saturated heterocycles. The van der Waals surface area contributed by atoms with E-state index in [2.05, 4.69) is 17.9 Å². The molecule has 2 fully saturated rings. The number of hydrogen-bond donors (Lipinski definition) is 1. The lowest BCUT2D eigenvalue weighted by Gasteiger charge is -2.39. The first-order valence-electron chi connectivity index (χ1n) is 7.84. The Labute approximate surface area is 121 Å². The Bertz CT molecular complexity index is 486. The third kappa shape index (κ3) is 2.47. The van der Waals surface area contributed by atoms with E-state index in [9.17, 15) is 4.79 Å². The molecule has 1 aromatic carbocycles. The highest BCUT2D eigenvalue weighted by Gasteiger charge is 2.40. The van der Waals surface area contributed by atoms with Crippen LogP contribution in [0.15, 0.2) is 24.3 Å². The number of fused-ring (bicyclic) bond motifs is 2. The van der Waals surface area contributed by atoms with Gasteiger partial charge in [0.25, 0.3) is 0 Å². The minimum absolute atomic E-state index is 0.321. The molecule has 2 N–H and O–H groups in total. The van der Waals surface area contributed by atoms with Crippen molar-refractivity contribution in [1.29, 1.82) is 0 Å². The maximum atomic E-state index is 11.3. The smallest absolute Gasteiger partial charge is 0.248 e. The molecule has 2 aliphatic heterocycles. The van der Waals surface area contributed by atoms with Crippen LogP contribution in [0.3, 0.4) is 0 Å². The second-order valence-corrected chi connectivity index (χ2v) is 6.28. The van der Waals surface area contributed by atoms with Gasteiger partial charge in [-0.15, -0.1) is 0 Å². The zero-order chi connectivity index (χ0) is 14.1. The van der Waals surface area contributed by atoms with E-state index in [1.807, 2.05) is 18.2 Å². The number of carbonyl (C=O) groups excluding carboxylic acids is 1. The van der Waals surface area contributed by atoms with Crippen LogP contribution in [0, 0.1) is 0 Å². The molecule has 0 saturated carbocycles. The fourth-order valence-corrected chi connectivity index (χ4v) is 4.12. The van der Waals surface area contributed by atoms with Gasteiger partial charge >= 0.3 is 0 Å². The van der Waals surface area contributed by atoms with E-state index in [-0.39, 0.29) is 5.91 Å². The minimum Gasteiger partial charge on any atom is -0.366 e. The summed E-state index contributed by atoms with van der Waals surface area (Å²) in [6, 6.07) is 9.43. The van der Waals surface area contributed by atoms with Crippen LogP contribution < -0.4 is 5.73 Å². The number of nitrogens with zero attached hydrogens (tertiary/aromatic N) is 1. The summed E-state index contributed by atoms with van der Waals surface area (Å²) < 4.78 is 0. The Morgan fingerprint density at radius 2 is 2.00 bits per heavy atom. The molecule has 0 aromatic heterocycles. The summed E-state index contributed by atoms with van der Waals surface area (Å²) in [4.78, 5) is 14.0. The highest BCUT2D eigenvalue weighted by Crippen LogP contribution is 2.43. The standard InChI is InChI=1S/C17H24N2O/c1-2-8-19-15-6-7-16(19)11-14(10-15)12-4-3-5-13(9-12)17(18)20/h3-5,9,14-16H,2,6-8,10-11H2,1H3,(H2,18,20). The molecule has 1 amide bonds. The second-order valence-electron chi connectivity index (χ2n) is 6.28. The molecule has 0 spiro atoms. The van der Waals surface area contributed by atoms with Crippen molar-refractivity contribution in [2.24, 2.45) is 5.73 Å². The van der Waals surface area contributed by atoms with Gasteiger partial charge in [0.05, 0.1) is 0 Å². The quantitative estimate of drug-likeness (QED) is 0.916. The van der Waals surface area contributed by atoms with Crippen LogP contribution in [0.2, 0.25) is 0 Å². The van der Waals surface area contributed by atoms with Gasteiger partial charge in [-0.25, -0.2) is 0 Å². The molecule has 3 heteroatoms. The number of nitrogens with two attached hydrogens (primary N) is 1. The molecule has 2 unspecified atom stereocenters. The van der Waals surface area contributed by atoms with E-state index in [0.29, 0.717) is 11.5 Å². The van der Waals surface area contributed by atoms with E-state index in [1.165, 1.54) is 44.2 Å². The van der Waals surface area contributed by atoms with Crippen LogP contribution in [0.25, 0.3) is 0 Å². The number of benzene rings is 1. The number of primary amides is 1. The third-order valence-electron chi connectivity index (χ3n) is 5.01. The summed E-state index contributed by atoms with van der Waals surface area (Å²) in [5.41, 5.74) is 7.34. The molecule has 2 aliphatic rings. The van der Waals surface area contributed by atoms with Gasteiger partial charge in [-0.1, -0.05) is 19.1 Å². The van der Waals surface area contributed by atoms with Crippen LogP contribution >= 0.6 is 0 Å². The van der Waals surface area contributed by atoms with Crippen LogP contribution in [0.4, 0.5) is 0 Å². The van der Waals surface area contributed by atoms with Crippen molar-refractivity contribution in [1.82, 2.24) is 4.90 Å². The second kappa shape index (κ2) is 5.57. The summed E-state index contributed by atoms with van der Waals surface area (Å²) in [5.74, 6) is 0.276. The predicted octanol–water partition coefficient (Wildman–Crippen LogP) is 2.91. The molecular formula is C17H24N2O. The third-order valence-corrected chi connectivity index (χ3v) is 5.01. The number of piperidine rings is 1. The van der Waals surface area contributed by atoms with Gasteiger partial charge in [0.15, 0.2) is 0 Å². The lowest BCUT2D eigenvalue weighted by molar-refractivity contribution is 0.1000. The Morgan fingerprint density at radius 3 is 2.60 bits per heavy atom. The van der Waals surface area contributed by atoms with Crippen LogP contribution in [0.1, 0.15) is 60.9 Å². The van der Waals surface area contributed by atoms with Gasteiger partial charge in [0, 0.05) is 17.6 Å². The SMILES string of the molecule is CCCN1C2CCC1CC(c1cccc(C(N)=O)c1)C2. The van der Waals surface area contributed by atoms with Crippen LogP contribution in [0.5, 0.6) is 0 Å². The summed E-state index contributed by atoms with van der Waals surface area (Å²) in [6.07, 6.45) is 6.40. The molecule has 3 rings (SSSR count). The Hall–Kier alpha value is -1.35. The van der Waals surface area contributed by atoms with Crippen molar-refractivity contribution >= 4 is 5.91 Å². The number of hydrogen-bond acceptors (Lipinski definition) is 2. The molecule has 0 aliphatic carbocycles. The lowest BCUT2D eigenvalue weighted by Crippen LogP contribution is -2.42. The van der Waals surface area contributed by atoms with Gasteiger partial charge in [0.2, 0.25) is 5.91 Å². The Kier molecular flexibility index (Phi) is 3.79. The number of carbonyl (C=O) groups is 1. The molecule has 0 radical (unpaired) electrons.